The van der Waals surface area contributed by atoms with Crippen molar-refractivity contribution in [2.45, 2.75) is 61.7 Å². The van der Waals surface area contributed by atoms with Gasteiger partial charge in [-0.2, -0.15) is 5.26 Å². The van der Waals surface area contributed by atoms with Crippen molar-refractivity contribution in [2.75, 3.05) is 13.1 Å². The molecule has 1 aromatic rings. The van der Waals surface area contributed by atoms with E-state index in [1.54, 1.807) is 0 Å². The first-order valence-corrected chi connectivity index (χ1v) is 9.81. The zero-order valence-corrected chi connectivity index (χ0v) is 14.7. The fraction of sp³-hybridized carbons (Fsp3) is 0.619. The SMILES string of the molecule is N#Cc1ccc2c3c1OC1C(=O)CCC4(O)[C@H](C2)N(CC2CC2)CC[C@@]314. The number of ketones is 1. The van der Waals surface area contributed by atoms with E-state index in [0.717, 1.165) is 43.0 Å². The molecule has 3 aliphatic carbocycles. The smallest absolute Gasteiger partial charge is 0.174 e. The monoisotopic (exact) mass is 350 g/mol. The Bertz CT molecular complexity index is 886. The van der Waals surface area contributed by atoms with Gasteiger partial charge in [-0.3, -0.25) is 9.69 Å². The molecule has 5 heteroatoms. The molecule has 2 aliphatic heterocycles. The molecule has 2 bridgehead atoms. The van der Waals surface area contributed by atoms with E-state index in [1.807, 2.05) is 12.1 Å². The average molecular weight is 350 g/mol. The van der Waals surface area contributed by atoms with E-state index in [-0.39, 0.29) is 11.8 Å². The molecule has 2 saturated carbocycles. The Kier molecular flexibility index (Phi) is 2.73. The van der Waals surface area contributed by atoms with Crippen LogP contribution >= 0.6 is 0 Å². The summed E-state index contributed by atoms with van der Waals surface area (Å²) in [4.78, 5) is 15.3. The van der Waals surface area contributed by atoms with Gasteiger partial charge in [-0.05, 0) is 56.2 Å². The zero-order chi connectivity index (χ0) is 17.7. The second-order valence-electron chi connectivity index (χ2n) is 8.86. The predicted octanol–water partition coefficient (Wildman–Crippen LogP) is 1.69. The standard InChI is InChI=1S/C21H22N2O3/c22-10-14-4-3-13-9-16-21(25)6-5-15(24)19-20(21,17(13)18(14)26-19)7-8-23(16)11-12-1-2-12/h3-4,12,16,19,25H,1-2,5-9,11H2/t16-,19?,20+,21?/m0/s1. The van der Waals surface area contributed by atoms with Gasteiger partial charge in [0.25, 0.3) is 0 Å². The second-order valence-corrected chi connectivity index (χ2v) is 8.86. The molecular formula is C21H22N2O3. The van der Waals surface area contributed by atoms with Crippen LogP contribution in [-0.4, -0.2) is 46.6 Å². The van der Waals surface area contributed by atoms with Crippen LogP contribution in [-0.2, 0) is 16.6 Å². The maximum Gasteiger partial charge on any atom is 0.174 e. The van der Waals surface area contributed by atoms with Crippen LogP contribution in [0.25, 0.3) is 0 Å². The Morgan fingerprint density at radius 2 is 2.19 bits per heavy atom. The summed E-state index contributed by atoms with van der Waals surface area (Å²) in [5.74, 6) is 1.42. The van der Waals surface area contributed by atoms with Crippen molar-refractivity contribution in [1.82, 2.24) is 4.90 Å². The number of rotatable bonds is 2. The highest BCUT2D eigenvalue weighted by molar-refractivity contribution is 5.90. The number of benzene rings is 1. The van der Waals surface area contributed by atoms with Crippen LogP contribution in [0.3, 0.4) is 0 Å². The van der Waals surface area contributed by atoms with Gasteiger partial charge in [0, 0.05) is 24.6 Å². The van der Waals surface area contributed by atoms with Gasteiger partial charge in [-0.25, -0.2) is 0 Å². The van der Waals surface area contributed by atoms with Crippen LogP contribution in [0.4, 0.5) is 0 Å². The number of aliphatic hydroxyl groups is 1. The lowest BCUT2D eigenvalue weighted by atomic mass is 9.49. The van der Waals surface area contributed by atoms with Crippen LogP contribution in [0.2, 0.25) is 0 Å². The van der Waals surface area contributed by atoms with Gasteiger partial charge in [0.15, 0.2) is 11.9 Å². The number of piperidine rings is 1. The lowest BCUT2D eigenvalue weighted by Crippen LogP contribution is -2.76. The van der Waals surface area contributed by atoms with Crippen molar-refractivity contribution in [3.05, 3.63) is 28.8 Å². The largest absolute Gasteiger partial charge is 0.480 e. The summed E-state index contributed by atoms with van der Waals surface area (Å²) >= 11 is 0. The van der Waals surface area contributed by atoms with Gasteiger partial charge in [0.1, 0.15) is 11.8 Å². The quantitative estimate of drug-likeness (QED) is 0.879. The molecule has 0 radical (unpaired) electrons. The highest BCUT2D eigenvalue weighted by Gasteiger charge is 2.73. The maximum atomic E-state index is 12.8. The van der Waals surface area contributed by atoms with Crippen molar-refractivity contribution in [1.29, 1.82) is 5.26 Å². The van der Waals surface area contributed by atoms with Crippen molar-refractivity contribution >= 4 is 5.78 Å². The van der Waals surface area contributed by atoms with Crippen LogP contribution in [0.15, 0.2) is 12.1 Å². The van der Waals surface area contributed by atoms with E-state index in [0.29, 0.717) is 24.2 Å². The summed E-state index contributed by atoms with van der Waals surface area (Å²) in [5, 5.41) is 21.6. The maximum absolute atomic E-state index is 12.8. The Morgan fingerprint density at radius 3 is 2.96 bits per heavy atom. The number of nitrogens with zero attached hydrogens (tertiary/aromatic N) is 2. The molecule has 1 saturated heterocycles. The van der Waals surface area contributed by atoms with Gasteiger partial charge >= 0.3 is 0 Å². The highest BCUT2D eigenvalue weighted by atomic mass is 16.5. The first kappa shape index (κ1) is 15.2. The molecule has 0 amide bonds. The Morgan fingerprint density at radius 1 is 1.35 bits per heavy atom. The molecule has 5 nitrogen and oxygen atoms in total. The number of likely N-dealkylation sites (tertiary alicyclic amines) is 1. The first-order valence-electron chi connectivity index (χ1n) is 9.81. The van der Waals surface area contributed by atoms with Crippen LogP contribution in [0.5, 0.6) is 5.75 Å². The molecule has 6 rings (SSSR count). The lowest BCUT2D eigenvalue weighted by molar-refractivity contribution is -0.188. The van der Waals surface area contributed by atoms with Crippen molar-refractivity contribution in [3.63, 3.8) is 0 Å². The summed E-state index contributed by atoms with van der Waals surface area (Å²) in [6.45, 7) is 1.95. The summed E-state index contributed by atoms with van der Waals surface area (Å²) < 4.78 is 6.16. The molecular weight excluding hydrogens is 328 g/mol. The Hall–Kier alpha value is -1.90. The van der Waals surface area contributed by atoms with E-state index in [2.05, 4.69) is 11.0 Å². The topological polar surface area (TPSA) is 73.6 Å². The molecule has 26 heavy (non-hydrogen) atoms. The van der Waals surface area contributed by atoms with Gasteiger partial charge in [-0.15, -0.1) is 0 Å². The van der Waals surface area contributed by atoms with Gasteiger partial charge in [0.05, 0.1) is 16.6 Å². The number of hydrogen-bond acceptors (Lipinski definition) is 5. The minimum atomic E-state index is -0.939. The van der Waals surface area contributed by atoms with Crippen molar-refractivity contribution in [2.24, 2.45) is 5.92 Å². The highest BCUT2D eigenvalue weighted by Crippen LogP contribution is 2.64. The fourth-order valence-corrected chi connectivity index (χ4v) is 6.37. The Labute approximate surface area is 152 Å². The lowest BCUT2D eigenvalue weighted by Gasteiger charge is -2.62. The molecule has 1 aromatic carbocycles. The number of hydrogen-bond donors (Lipinski definition) is 1. The number of carbonyl (C=O) groups is 1. The molecule has 134 valence electrons. The summed E-state index contributed by atoms with van der Waals surface area (Å²) in [6, 6.07) is 6.10. The van der Waals surface area contributed by atoms with E-state index in [1.165, 1.54) is 12.8 Å². The summed E-state index contributed by atoms with van der Waals surface area (Å²) in [7, 11) is 0. The minimum absolute atomic E-state index is 0.0439. The number of carbonyl (C=O) groups excluding carboxylic acids is 1. The Balaban J connectivity index is 1.59. The number of Topliss-reactive ketones (excluding diaryl/α,β-unsaturated/α-hetero) is 1. The van der Waals surface area contributed by atoms with Gasteiger partial charge in [0.2, 0.25) is 0 Å². The van der Waals surface area contributed by atoms with Gasteiger partial charge in [-0.1, -0.05) is 6.07 Å². The average Bonchev–Trinajstić information content (AvgIpc) is 3.37. The molecule has 2 heterocycles. The van der Waals surface area contributed by atoms with E-state index in [9.17, 15) is 15.2 Å². The third-order valence-electron chi connectivity index (χ3n) is 7.70. The zero-order valence-electron chi connectivity index (χ0n) is 14.7. The second kappa shape index (κ2) is 4.68. The third kappa shape index (κ3) is 1.57. The third-order valence-corrected chi connectivity index (χ3v) is 7.70. The molecule has 0 aromatic heterocycles. The number of ether oxygens (including phenoxy) is 1. The van der Waals surface area contributed by atoms with E-state index in [4.69, 9.17) is 4.74 Å². The van der Waals surface area contributed by atoms with Crippen LogP contribution in [0, 0.1) is 17.2 Å². The van der Waals surface area contributed by atoms with Gasteiger partial charge < -0.3 is 9.84 Å². The number of nitriles is 1. The molecule has 2 unspecified atom stereocenters. The predicted molar refractivity (Wildman–Crippen MR) is 92.8 cm³/mol. The van der Waals surface area contributed by atoms with Crippen molar-refractivity contribution in [3.8, 4) is 11.8 Å². The first-order chi connectivity index (χ1) is 12.6. The fourth-order valence-electron chi connectivity index (χ4n) is 6.37. The molecule has 1 N–H and O–H groups in total. The molecule has 4 atom stereocenters. The minimum Gasteiger partial charge on any atom is -0.480 e. The van der Waals surface area contributed by atoms with E-state index >= 15 is 0 Å². The summed E-state index contributed by atoms with van der Waals surface area (Å²) in [5.41, 5.74) is 1.01. The normalized spacial score (nSPS) is 39.9. The van der Waals surface area contributed by atoms with E-state index < -0.39 is 17.1 Å². The molecule has 5 aliphatic rings. The molecule has 3 fully saturated rings. The van der Waals surface area contributed by atoms with Crippen LogP contribution in [0.1, 0.15) is 48.8 Å². The van der Waals surface area contributed by atoms with Crippen molar-refractivity contribution < 1.29 is 14.6 Å². The summed E-state index contributed by atoms with van der Waals surface area (Å²) in [6.07, 6.45) is 4.35. The van der Waals surface area contributed by atoms with Crippen LogP contribution < -0.4 is 4.74 Å². The molecule has 1 spiro atoms.